The van der Waals surface area contributed by atoms with Crippen molar-refractivity contribution in [1.82, 2.24) is 9.55 Å². The zero-order valence-electron chi connectivity index (χ0n) is 21.7. The maximum atomic E-state index is 14.4. The third-order valence-corrected chi connectivity index (χ3v) is 7.83. The van der Waals surface area contributed by atoms with Gasteiger partial charge in [-0.15, -0.1) is 0 Å². The molecule has 40 heavy (non-hydrogen) atoms. The standard InChI is InChI=1S/C30H24F3N3O3S/c1-18-16-25(29(37)35-22-10-12-23(13-11-22)40(3,38)39)19(2)36(18)27-14-9-21(17-26(27)30(31,32)33)24-8-4-6-20-7-5-15-34-28(20)24/h4-17H,1-3H3,(H,35,37). The number of halogens is 3. The van der Waals surface area contributed by atoms with Gasteiger partial charge in [-0.05, 0) is 67.9 Å². The Morgan fingerprint density at radius 1 is 0.925 bits per heavy atom. The molecule has 0 aliphatic carbocycles. The van der Waals surface area contributed by atoms with Crippen molar-refractivity contribution in [1.29, 1.82) is 0 Å². The van der Waals surface area contributed by atoms with Gasteiger partial charge in [0, 0.05) is 40.5 Å². The molecule has 6 nitrogen and oxygen atoms in total. The first-order chi connectivity index (χ1) is 18.8. The largest absolute Gasteiger partial charge is 0.418 e. The van der Waals surface area contributed by atoms with Gasteiger partial charge in [-0.2, -0.15) is 13.2 Å². The molecule has 0 unspecified atom stereocenters. The molecular formula is C30H24F3N3O3S. The molecule has 1 amide bonds. The number of hydrogen-bond acceptors (Lipinski definition) is 4. The third-order valence-electron chi connectivity index (χ3n) is 6.70. The first kappa shape index (κ1) is 27.1. The van der Waals surface area contributed by atoms with Crippen molar-refractivity contribution < 1.29 is 26.4 Å². The van der Waals surface area contributed by atoms with Gasteiger partial charge < -0.3 is 9.88 Å². The summed E-state index contributed by atoms with van der Waals surface area (Å²) < 4.78 is 68.1. The van der Waals surface area contributed by atoms with Gasteiger partial charge in [-0.3, -0.25) is 9.78 Å². The average molecular weight is 564 g/mol. The highest BCUT2D eigenvalue weighted by Gasteiger charge is 2.35. The number of carbonyl (C=O) groups excluding carboxylic acids is 1. The lowest BCUT2D eigenvalue weighted by molar-refractivity contribution is -0.137. The maximum absolute atomic E-state index is 14.4. The van der Waals surface area contributed by atoms with Gasteiger partial charge in [-0.1, -0.05) is 30.3 Å². The minimum Gasteiger partial charge on any atom is -0.322 e. The van der Waals surface area contributed by atoms with Crippen LogP contribution in [0.3, 0.4) is 0 Å². The van der Waals surface area contributed by atoms with Crippen LogP contribution >= 0.6 is 0 Å². The number of anilines is 1. The van der Waals surface area contributed by atoms with Gasteiger partial charge in [0.2, 0.25) is 0 Å². The Hall–Kier alpha value is -4.44. The number of rotatable bonds is 5. The van der Waals surface area contributed by atoms with E-state index in [2.05, 4.69) is 10.3 Å². The number of hydrogen-bond donors (Lipinski definition) is 1. The fourth-order valence-corrected chi connectivity index (χ4v) is 5.44. The number of nitrogens with zero attached hydrogens (tertiary/aromatic N) is 2. The molecule has 0 fully saturated rings. The van der Waals surface area contributed by atoms with E-state index in [9.17, 15) is 26.4 Å². The summed E-state index contributed by atoms with van der Waals surface area (Å²) >= 11 is 0. The second-order valence-electron chi connectivity index (χ2n) is 9.48. The van der Waals surface area contributed by atoms with Gasteiger partial charge in [0.25, 0.3) is 5.91 Å². The summed E-state index contributed by atoms with van der Waals surface area (Å²) in [6.07, 6.45) is -1.99. The zero-order chi connectivity index (χ0) is 28.8. The Labute approximate surface area is 229 Å². The number of alkyl halides is 3. The molecule has 10 heteroatoms. The molecule has 0 aliphatic heterocycles. The van der Waals surface area contributed by atoms with E-state index in [0.29, 0.717) is 33.7 Å². The number of nitrogens with one attached hydrogen (secondary N) is 1. The summed E-state index contributed by atoms with van der Waals surface area (Å²) in [6.45, 7) is 3.21. The Morgan fingerprint density at radius 3 is 2.30 bits per heavy atom. The van der Waals surface area contributed by atoms with Gasteiger partial charge in [0.1, 0.15) is 0 Å². The van der Waals surface area contributed by atoms with Crippen LogP contribution in [0, 0.1) is 13.8 Å². The number of benzene rings is 3. The van der Waals surface area contributed by atoms with E-state index in [1.807, 2.05) is 12.1 Å². The number of pyridine rings is 1. The van der Waals surface area contributed by atoms with E-state index in [4.69, 9.17) is 0 Å². The molecule has 0 saturated heterocycles. The number of amides is 1. The molecule has 3 aromatic carbocycles. The average Bonchev–Trinajstić information content (AvgIpc) is 3.21. The Bertz CT molecular complexity index is 1870. The van der Waals surface area contributed by atoms with Crippen LogP contribution in [-0.4, -0.2) is 30.1 Å². The summed E-state index contributed by atoms with van der Waals surface area (Å²) in [6, 6.07) is 20.3. The number of carbonyl (C=O) groups is 1. The molecule has 5 aromatic rings. The minimum atomic E-state index is -4.67. The second-order valence-corrected chi connectivity index (χ2v) is 11.5. The fourth-order valence-electron chi connectivity index (χ4n) is 4.81. The maximum Gasteiger partial charge on any atom is 0.418 e. The molecule has 204 valence electrons. The number of sulfone groups is 1. The summed E-state index contributed by atoms with van der Waals surface area (Å²) in [4.78, 5) is 17.6. The monoisotopic (exact) mass is 563 g/mol. The molecule has 0 aliphatic rings. The molecule has 0 saturated carbocycles. The molecule has 0 radical (unpaired) electrons. The van der Waals surface area contributed by atoms with Gasteiger partial charge >= 0.3 is 6.18 Å². The van der Waals surface area contributed by atoms with Gasteiger partial charge in [-0.25, -0.2) is 8.42 Å². The molecule has 2 heterocycles. The number of para-hydroxylation sites is 1. The Balaban J connectivity index is 1.55. The van der Waals surface area contributed by atoms with E-state index in [0.717, 1.165) is 17.7 Å². The van der Waals surface area contributed by atoms with Crippen LogP contribution in [0.5, 0.6) is 0 Å². The van der Waals surface area contributed by atoms with Crippen LogP contribution in [0.25, 0.3) is 27.7 Å². The van der Waals surface area contributed by atoms with Crippen LogP contribution in [0.4, 0.5) is 18.9 Å². The van der Waals surface area contributed by atoms with E-state index in [1.54, 1.807) is 44.3 Å². The molecule has 0 atom stereocenters. The number of aryl methyl sites for hydroxylation is 1. The van der Waals surface area contributed by atoms with Crippen molar-refractivity contribution in [2.24, 2.45) is 0 Å². The summed E-state index contributed by atoms with van der Waals surface area (Å²) in [5.41, 5.74) is 1.93. The van der Waals surface area contributed by atoms with E-state index >= 15 is 0 Å². The van der Waals surface area contributed by atoms with E-state index in [-0.39, 0.29) is 16.1 Å². The van der Waals surface area contributed by atoms with Crippen LogP contribution < -0.4 is 5.32 Å². The smallest absolute Gasteiger partial charge is 0.322 e. The van der Waals surface area contributed by atoms with Crippen molar-refractivity contribution in [2.45, 2.75) is 24.9 Å². The third kappa shape index (κ3) is 5.10. The topological polar surface area (TPSA) is 81.1 Å². The molecule has 2 aromatic heterocycles. The first-order valence-electron chi connectivity index (χ1n) is 12.2. The Kier molecular flexibility index (Phi) is 6.75. The van der Waals surface area contributed by atoms with Crippen molar-refractivity contribution in [3.05, 3.63) is 108 Å². The van der Waals surface area contributed by atoms with Crippen molar-refractivity contribution >= 4 is 32.3 Å². The number of fused-ring (bicyclic) bond motifs is 1. The Morgan fingerprint density at radius 2 is 1.62 bits per heavy atom. The SMILES string of the molecule is Cc1cc(C(=O)Nc2ccc(S(C)(=O)=O)cc2)c(C)n1-c1ccc(-c2cccc3cccnc23)cc1C(F)(F)F. The summed E-state index contributed by atoms with van der Waals surface area (Å²) in [7, 11) is -3.40. The lowest BCUT2D eigenvalue weighted by Gasteiger charge is -2.19. The molecule has 0 spiro atoms. The van der Waals surface area contributed by atoms with E-state index < -0.39 is 27.5 Å². The number of aromatic nitrogens is 2. The van der Waals surface area contributed by atoms with Crippen molar-refractivity contribution in [3.63, 3.8) is 0 Å². The van der Waals surface area contributed by atoms with Crippen molar-refractivity contribution in [3.8, 4) is 16.8 Å². The summed E-state index contributed by atoms with van der Waals surface area (Å²) in [5, 5.41) is 3.50. The molecular weight excluding hydrogens is 539 g/mol. The minimum absolute atomic E-state index is 0.101. The zero-order valence-corrected chi connectivity index (χ0v) is 22.6. The van der Waals surface area contributed by atoms with Crippen LogP contribution in [0.2, 0.25) is 0 Å². The fraction of sp³-hybridized carbons (Fsp3) is 0.133. The summed E-state index contributed by atoms with van der Waals surface area (Å²) in [5.74, 6) is -0.529. The van der Waals surface area contributed by atoms with Crippen LogP contribution in [0.1, 0.15) is 27.3 Å². The lowest BCUT2D eigenvalue weighted by Crippen LogP contribution is -2.15. The first-order valence-corrected chi connectivity index (χ1v) is 14.1. The predicted octanol–water partition coefficient (Wildman–Crippen LogP) is 6.98. The van der Waals surface area contributed by atoms with E-state index in [1.165, 1.54) is 41.0 Å². The van der Waals surface area contributed by atoms with Crippen LogP contribution in [0.15, 0.2) is 90.0 Å². The highest BCUT2D eigenvalue weighted by molar-refractivity contribution is 7.90. The second kappa shape index (κ2) is 9.95. The normalized spacial score (nSPS) is 12.1. The molecule has 0 bridgehead atoms. The molecule has 5 rings (SSSR count). The highest BCUT2D eigenvalue weighted by atomic mass is 32.2. The van der Waals surface area contributed by atoms with Crippen molar-refractivity contribution in [2.75, 3.05) is 11.6 Å². The predicted molar refractivity (Wildman–Crippen MR) is 148 cm³/mol. The van der Waals surface area contributed by atoms with Crippen LogP contribution in [-0.2, 0) is 16.0 Å². The van der Waals surface area contributed by atoms with Gasteiger partial charge in [0.15, 0.2) is 9.84 Å². The quantitative estimate of drug-likeness (QED) is 0.250. The van der Waals surface area contributed by atoms with Gasteiger partial charge in [0.05, 0.1) is 27.2 Å². The molecule has 1 N–H and O–H groups in total. The highest BCUT2D eigenvalue weighted by Crippen LogP contribution is 2.39. The lowest BCUT2D eigenvalue weighted by atomic mass is 9.98.